The van der Waals surface area contributed by atoms with Gasteiger partial charge in [0.05, 0.1) is 0 Å². The van der Waals surface area contributed by atoms with E-state index in [4.69, 9.17) is 0 Å². The van der Waals surface area contributed by atoms with Crippen molar-refractivity contribution in [1.82, 2.24) is 4.90 Å². The lowest BCUT2D eigenvalue weighted by Crippen LogP contribution is -2.52. The van der Waals surface area contributed by atoms with Crippen molar-refractivity contribution in [2.24, 2.45) is 5.41 Å². The molecule has 0 N–H and O–H groups in total. The predicted octanol–water partition coefficient (Wildman–Crippen LogP) is 6.05. The zero-order valence-corrected chi connectivity index (χ0v) is 21.8. The van der Waals surface area contributed by atoms with E-state index in [2.05, 4.69) is 0 Å². The number of hydrogen-bond donors (Lipinski definition) is 0. The maximum absolute atomic E-state index is 13.9. The van der Waals surface area contributed by atoms with Crippen molar-refractivity contribution in [3.63, 3.8) is 0 Å². The number of piperidine rings is 1. The second kappa shape index (κ2) is 11.2. The molecular formula is C29H34F3N3O3. The van der Waals surface area contributed by atoms with Crippen LogP contribution < -0.4 is 9.80 Å². The number of ketones is 1. The molecule has 4 rings (SSSR count). The molecule has 2 fully saturated rings. The molecule has 3 amide bonds. The van der Waals surface area contributed by atoms with Crippen LogP contribution in [0.2, 0.25) is 0 Å². The lowest BCUT2D eigenvalue weighted by atomic mass is 9.72. The van der Waals surface area contributed by atoms with Gasteiger partial charge in [0, 0.05) is 62.2 Å². The Labute approximate surface area is 221 Å². The summed E-state index contributed by atoms with van der Waals surface area (Å²) in [6.45, 7) is 2.06. The highest BCUT2D eigenvalue weighted by Crippen LogP contribution is 2.40. The van der Waals surface area contributed by atoms with E-state index in [1.54, 1.807) is 41.1 Å². The standard InChI is InChI=1S/C29H34F3N3O3/c1-21(36)28(16-18-34(19-17-28)27(38)33(2)23-10-8-22(30)9-11-23)20-26(37)35(24-6-4-3-5-7-24)25-12-14-29(31,32)15-13-25/h3-11,25H,12-20H2,1-2H3. The largest absolute Gasteiger partial charge is 0.324 e. The van der Waals surface area contributed by atoms with E-state index in [-0.39, 0.29) is 69.0 Å². The third-order valence-electron chi connectivity index (χ3n) is 8.08. The molecule has 1 saturated heterocycles. The number of anilines is 2. The van der Waals surface area contributed by atoms with Crippen LogP contribution in [-0.4, -0.2) is 54.7 Å². The molecule has 2 aromatic rings. The molecule has 2 aliphatic rings. The van der Waals surface area contributed by atoms with Crippen LogP contribution in [0, 0.1) is 11.2 Å². The Morgan fingerprint density at radius 1 is 0.895 bits per heavy atom. The van der Waals surface area contributed by atoms with Gasteiger partial charge >= 0.3 is 6.03 Å². The van der Waals surface area contributed by atoms with E-state index in [1.807, 2.05) is 6.07 Å². The number of halogens is 3. The molecule has 0 aromatic heterocycles. The fourth-order valence-corrected chi connectivity index (χ4v) is 5.57. The molecule has 1 heterocycles. The molecule has 0 bridgehead atoms. The van der Waals surface area contributed by atoms with Crippen molar-refractivity contribution in [3.8, 4) is 0 Å². The summed E-state index contributed by atoms with van der Waals surface area (Å²) in [7, 11) is 1.61. The number of urea groups is 1. The summed E-state index contributed by atoms with van der Waals surface area (Å²) in [5, 5.41) is 0. The Kier molecular flexibility index (Phi) is 8.13. The number of benzene rings is 2. The smallest absolute Gasteiger partial charge is 0.324 e. The zero-order valence-electron chi connectivity index (χ0n) is 21.8. The van der Waals surface area contributed by atoms with Gasteiger partial charge in [-0.1, -0.05) is 18.2 Å². The summed E-state index contributed by atoms with van der Waals surface area (Å²) in [4.78, 5) is 44.5. The van der Waals surface area contributed by atoms with Crippen LogP contribution in [-0.2, 0) is 9.59 Å². The van der Waals surface area contributed by atoms with Crippen LogP contribution in [0.15, 0.2) is 54.6 Å². The molecule has 1 aliphatic heterocycles. The van der Waals surface area contributed by atoms with E-state index in [1.165, 1.54) is 36.1 Å². The van der Waals surface area contributed by atoms with Crippen LogP contribution in [0.1, 0.15) is 51.9 Å². The highest BCUT2D eigenvalue weighted by atomic mass is 19.3. The normalized spacial score (nSPS) is 19.0. The Hall–Kier alpha value is -3.36. The summed E-state index contributed by atoms with van der Waals surface area (Å²) < 4.78 is 41.0. The number of para-hydroxylation sites is 1. The Bertz CT molecular complexity index is 1140. The number of likely N-dealkylation sites (tertiary alicyclic amines) is 1. The van der Waals surface area contributed by atoms with Crippen LogP contribution in [0.25, 0.3) is 0 Å². The number of carbonyl (C=O) groups excluding carboxylic acids is 3. The van der Waals surface area contributed by atoms with Gasteiger partial charge in [-0.3, -0.25) is 14.5 Å². The fourth-order valence-electron chi connectivity index (χ4n) is 5.57. The minimum absolute atomic E-state index is 0.0417. The maximum Gasteiger partial charge on any atom is 0.324 e. The van der Waals surface area contributed by atoms with Gasteiger partial charge < -0.3 is 9.80 Å². The van der Waals surface area contributed by atoms with Crippen molar-refractivity contribution in [2.45, 2.75) is 63.8 Å². The van der Waals surface area contributed by atoms with Gasteiger partial charge in [0.25, 0.3) is 0 Å². The lowest BCUT2D eigenvalue weighted by Gasteiger charge is -2.43. The molecule has 2 aromatic carbocycles. The molecule has 1 saturated carbocycles. The van der Waals surface area contributed by atoms with Crippen LogP contribution in [0.4, 0.5) is 29.3 Å². The second-order valence-electron chi connectivity index (χ2n) is 10.5. The van der Waals surface area contributed by atoms with Crippen LogP contribution >= 0.6 is 0 Å². The van der Waals surface area contributed by atoms with Crippen molar-refractivity contribution < 1.29 is 27.6 Å². The van der Waals surface area contributed by atoms with Gasteiger partial charge in [-0.05, 0) is 69.0 Å². The number of rotatable bonds is 6. The van der Waals surface area contributed by atoms with Gasteiger partial charge in [-0.15, -0.1) is 0 Å². The van der Waals surface area contributed by atoms with Crippen molar-refractivity contribution in [1.29, 1.82) is 0 Å². The number of alkyl halides is 2. The van der Waals surface area contributed by atoms with E-state index < -0.39 is 17.2 Å². The molecule has 0 radical (unpaired) electrons. The molecular weight excluding hydrogens is 495 g/mol. The predicted molar refractivity (Wildman–Crippen MR) is 140 cm³/mol. The molecule has 1 aliphatic carbocycles. The number of Topliss-reactive ketones (excluding diaryl/α,β-unsaturated/α-hetero) is 1. The zero-order chi connectivity index (χ0) is 27.5. The lowest BCUT2D eigenvalue weighted by molar-refractivity contribution is -0.135. The molecule has 204 valence electrons. The van der Waals surface area contributed by atoms with Gasteiger partial charge in [0.15, 0.2) is 0 Å². The summed E-state index contributed by atoms with van der Waals surface area (Å²) >= 11 is 0. The monoisotopic (exact) mass is 529 g/mol. The van der Waals surface area contributed by atoms with Crippen molar-refractivity contribution >= 4 is 29.1 Å². The highest BCUT2D eigenvalue weighted by Gasteiger charge is 2.45. The first-order valence-electron chi connectivity index (χ1n) is 13.1. The average Bonchev–Trinajstić information content (AvgIpc) is 2.90. The van der Waals surface area contributed by atoms with Gasteiger partial charge in [0.1, 0.15) is 11.6 Å². The topological polar surface area (TPSA) is 60.9 Å². The first-order valence-corrected chi connectivity index (χ1v) is 13.1. The quantitative estimate of drug-likeness (QED) is 0.458. The molecule has 0 atom stereocenters. The third kappa shape index (κ3) is 6.03. The van der Waals surface area contributed by atoms with Gasteiger partial charge in [-0.2, -0.15) is 0 Å². The Morgan fingerprint density at radius 2 is 1.47 bits per heavy atom. The second-order valence-corrected chi connectivity index (χ2v) is 10.5. The summed E-state index contributed by atoms with van der Waals surface area (Å²) in [5.41, 5.74) is 0.250. The summed E-state index contributed by atoms with van der Waals surface area (Å²) in [6, 6.07) is 14.0. The number of nitrogens with zero attached hydrogens (tertiary/aromatic N) is 3. The Balaban J connectivity index is 1.48. The molecule has 9 heteroatoms. The highest BCUT2D eigenvalue weighted by molar-refractivity contribution is 5.98. The van der Waals surface area contributed by atoms with Crippen LogP contribution in [0.5, 0.6) is 0 Å². The number of hydrogen-bond acceptors (Lipinski definition) is 3. The van der Waals surface area contributed by atoms with Crippen molar-refractivity contribution in [3.05, 3.63) is 60.4 Å². The average molecular weight is 530 g/mol. The molecule has 0 unspecified atom stereocenters. The SMILES string of the molecule is CC(=O)C1(CC(=O)N(c2ccccc2)C2CCC(F)(F)CC2)CCN(C(=O)N(C)c2ccc(F)cc2)CC1. The maximum atomic E-state index is 13.9. The van der Waals surface area contributed by atoms with Gasteiger partial charge in [-0.25, -0.2) is 18.0 Å². The van der Waals surface area contributed by atoms with E-state index in [0.717, 1.165) is 0 Å². The third-order valence-corrected chi connectivity index (χ3v) is 8.08. The Morgan fingerprint density at radius 3 is 2.03 bits per heavy atom. The first-order chi connectivity index (χ1) is 18.0. The van der Waals surface area contributed by atoms with E-state index in [0.29, 0.717) is 24.2 Å². The molecule has 0 spiro atoms. The minimum Gasteiger partial charge on any atom is -0.324 e. The summed E-state index contributed by atoms with van der Waals surface area (Å²) in [6.07, 6.45) is 0.442. The van der Waals surface area contributed by atoms with Gasteiger partial charge in [0.2, 0.25) is 11.8 Å². The molecule has 6 nitrogen and oxygen atoms in total. The minimum atomic E-state index is -2.72. The first kappa shape index (κ1) is 27.7. The fraction of sp³-hybridized carbons (Fsp3) is 0.483. The number of carbonyl (C=O) groups is 3. The van der Waals surface area contributed by atoms with Crippen LogP contribution in [0.3, 0.4) is 0 Å². The molecule has 38 heavy (non-hydrogen) atoms. The number of amides is 3. The summed E-state index contributed by atoms with van der Waals surface area (Å²) in [5.74, 6) is -3.49. The van der Waals surface area contributed by atoms with E-state index >= 15 is 0 Å². The van der Waals surface area contributed by atoms with Crippen molar-refractivity contribution in [2.75, 3.05) is 29.9 Å². The van der Waals surface area contributed by atoms with E-state index in [9.17, 15) is 27.6 Å².